The SMILES string of the molecule is CCOC(=O)N1CCC(C(C)(C)CO)CC1. The molecule has 0 atom stereocenters. The van der Waals surface area contributed by atoms with E-state index in [4.69, 9.17) is 4.74 Å². The number of aliphatic hydroxyl groups excluding tert-OH is 1. The van der Waals surface area contributed by atoms with Gasteiger partial charge in [-0.2, -0.15) is 0 Å². The van der Waals surface area contributed by atoms with Crippen molar-refractivity contribution in [2.75, 3.05) is 26.3 Å². The lowest BCUT2D eigenvalue weighted by atomic mass is 9.74. The van der Waals surface area contributed by atoms with Crippen molar-refractivity contribution >= 4 is 6.09 Å². The summed E-state index contributed by atoms with van der Waals surface area (Å²) in [5.74, 6) is 0.489. The maximum atomic E-state index is 11.5. The molecule has 1 heterocycles. The number of hydrogen-bond acceptors (Lipinski definition) is 3. The molecule has 0 aliphatic carbocycles. The van der Waals surface area contributed by atoms with Crippen LogP contribution >= 0.6 is 0 Å². The molecule has 4 heteroatoms. The maximum Gasteiger partial charge on any atom is 0.409 e. The average Bonchev–Trinajstić information content (AvgIpc) is 2.29. The Kier molecular flexibility index (Phi) is 4.59. The van der Waals surface area contributed by atoms with E-state index in [0.717, 1.165) is 25.9 Å². The fourth-order valence-electron chi connectivity index (χ4n) is 2.19. The molecule has 94 valence electrons. The topological polar surface area (TPSA) is 49.8 Å². The second-order valence-electron chi connectivity index (χ2n) is 5.11. The van der Waals surface area contributed by atoms with Crippen LogP contribution in [0.5, 0.6) is 0 Å². The molecule has 1 aliphatic rings. The molecule has 0 unspecified atom stereocenters. The number of amides is 1. The normalized spacial score (nSPS) is 18.6. The van der Waals surface area contributed by atoms with Gasteiger partial charge in [-0.3, -0.25) is 0 Å². The number of aliphatic hydroxyl groups is 1. The Labute approximate surface area is 97.6 Å². The number of hydrogen-bond donors (Lipinski definition) is 1. The molecule has 0 aromatic rings. The summed E-state index contributed by atoms with van der Waals surface area (Å²) in [6.45, 7) is 8.10. The van der Waals surface area contributed by atoms with Gasteiger partial charge >= 0.3 is 6.09 Å². The molecule has 0 radical (unpaired) electrons. The van der Waals surface area contributed by atoms with Crippen molar-refractivity contribution in [3.8, 4) is 0 Å². The molecule has 0 bridgehead atoms. The first kappa shape index (κ1) is 13.3. The molecular formula is C12H23NO3. The van der Waals surface area contributed by atoms with Crippen molar-refractivity contribution in [1.29, 1.82) is 0 Å². The third-order valence-corrected chi connectivity index (χ3v) is 3.53. The Morgan fingerprint density at radius 3 is 2.44 bits per heavy atom. The van der Waals surface area contributed by atoms with E-state index in [1.165, 1.54) is 0 Å². The first-order valence-corrected chi connectivity index (χ1v) is 6.04. The summed E-state index contributed by atoms with van der Waals surface area (Å²) >= 11 is 0. The first-order chi connectivity index (χ1) is 7.51. The Hall–Kier alpha value is -0.770. The smallest absolute Gasteiger partial charge is 0.409 e. The molecule has 1 saturated heterocycles. The van der Waals surface area contributed by atoms with E-state index in [1.807, 2.05) is 6.92 Å². The molecule has 16 heavy (non-hydrogen) atoms. The van der Waals surface area contributed by atoms with Gasteiger partial charge in [0, 0.05) is 19.7 Å². The van der Waals surface area contributed by atoms with Crippen LogP contribution in [0.2, 0.25) is 0 Å². The molecule has 0 saturated carbocycles. The van der Waals surface area contributed by atoms with Crippen molar-refractivity contribution in [2.45, 2.75) is 33.6 Å². The van der Waals surface area contributed by atoms with Crippen LogP contribution in [0.15, 0.2) is 0 Å². The zero-order valence-electron chi connectivity index (χ0n) is 10.5. The zero-order chi connectivity index (χ0) is 12.2. The third-order valence-electron chi connectivity index (χ3n) is 3.53. The number of carbonyl (C=O) groups is 1. The van der Waals surface area contributed by atoms with E-state index in [9.17, 15) is 9.90 Å². The van der Waals surface area contributed by atoms with E-state index in [0.29, 0.717) is 12.5 Å². The molecule has 1 amide bonds. The summed E-state index contributed by atoms with van der Waals surface area (Å²) in [7, 11) is 0. The van der Waals surface area contributed by atoms with Crippen molar-refractivity contribution in [3.05, 3.63) is 0 Å². The molecule has 0 spiro atoms. The van der Waals surface area contributed by atoms with Gasteiger partial charge in [-0.1, -0.05) is 13.8 Å². The van der Waals surface area contributed by atoms with Crippen LogP contribution in [0.1, 0.15) is 33.6 Å². The van der Waals surface area contributed by atoms with Crippen LogP contribution in [-0.4, -0.2) is 42.4 Å². The Morgan fingerprint density at radius 2 is 2.00 bits per heavy atom. The number of ether oxygens (including phenoxy) is 1. The van der Waals surface area contributed by atoms with Gasteiger partial charge in [0.15, 0.2) is 0 Å². The van der Waals surface area contributed by atoms with Crippen molar-refractivity contribution in [1.82, 2.24) is 4.90 Å². The lowest BCUT2D eigenvalue weighted by Gasteiger charge is -2.39. The minimum absolute atomic E-state index is 0.0409. The quantitative estimate of drug-likeness (QED) is 0.803. The van der Waals surface area contributed by atoms with Crippen LogP contribution in [-0.2, 0) is 4.74 Å². The minimum atomic E-state index is -0.206. The van der Waals surface area contributed by atoms with Gasteiger partial charge in [-0.05, 0) is 31.1 Å². The lowest BCUT2D eigenvalue weighted by Crippen LogP contribution is -2.43. The van der Waals surface area contributed by atoms with Crippen LogP contribution in [0.25, 0.3) is 0 Å². The highest BCUT2D eigenvalue weighted by molar-refractivity contribution is 5.67. The number of nitrogens with zero attached hydrogens (tertiary/aromatic N) is 1. The van der Waals surface area contributed by atoms with E-state index < -0.39 is 0 Å². The van der Waals surface area contributed by atoms with Gasteiger partial charge < -0.3 is 14.7 Å². The number of rotatable bonds is 3. The average molecular weight is 229 g/mol. The first-order valence-electron chi connectivity index (χ1n) is 6.04. The fourth-order valence-corrected chi connectivity index (χ4v) is 2.19. The molecule has 1 N–H and O–H groups in total. The highest BCUT2D eigenvalue weighted by atomic mass is 16.6. The third kappa shape index (κ3) is 3.11. The maximum absolute atomic E-state index is 11.5. The summed E-state index contributed by atoms with van der Waals surface area (Å²) in [5.41, 5.74) is -0.0409. The standard InChI is InChI=1S/C12H23NO3/c1-4-16-11(15)13-7-5-10(6-8-13)12(2,3)9-14/h10,14H,4-9H2,1-3H3. The van der Waals surface area contributed by atoms with Gasteiger partial charge in [0.2, 0.25) is 0 Å². The molecule has 1 fully saturated rings. The van der Waals surface area contributed by atoms with Crippen molar-refractivity contribution in [3.63, 3.8) is 0 Å². The van der Waals surface area contributed by atoms with Crippen LogP contribution in [0.4, 0.5) is 4.79 Å². The summed E-state index contributed by atoms with van der Waals surface area (Å²) in [6.07, 6.45) is 1.70. The van der Waals surface area contributed by atoms with Crippen molar-refractivity contribution < 1.29 is 14.6 Å². The highest BCUT2D eigenvalue weighted by Gasteiger charge is 2.33. The van der Waals surface area contributed by atoms with Gasteiger partial charge in [-0.25, -0.2) is 4.79 Å². The van der Waals surface area contributed by atoms with Gasteiger partial charge in [-0.15, -0.1) is 0 Å². The van der Waals surface area contributed by atoms with Crippen LogP contribution < -0.4 is 0 Å². The Balaban J connectivity index is 2.42. The predicted molar refractivity (Wildman–Crippen MR) is 62.2 cm³/mol. The highest BCUT2D eigenvalue weighted by Crippen LogP contribution is 2.34. The molecule has 0 aromatic heterocycles. The molecule has 4 nitrogen and oxygen atoms in total. The predicted octanol–water partition coefficient (Wildman–Crippen LogP) is 1.87. The number of carbonyl (C=O) groups excluding carboxylic acids is 1. The van der Waals surface area contributed by atoms with Gasteiger partial charge in [0.05, 0.1) is 6.61 Å². The van der Waals surface area contributed by atoms with Crippen LogP contribution in [0, 0.1) is 11.3 Å². The monoisotopic (exact) mass is 229 g/mol. The van der Waals surface area contributed by atoms with E-state index in [-0.39, 0.29) is 18.1 Å². The molecule has 1 aliphatic heterocycles. The minimum Gasteiger partial charge on any atom is -0.450 e. The molecular weight excluding hydrogens is 206 g/mol. The van der Waals surface area contributed by atoms with Crippen molar-refractivity contribution in [2.24, 2.45) is 11.3 Å². The second kappa shape index (κ2) is 5.53. The Morgan fingerprint density at radius 1 is 1.44 bits per heavy atom. The summed E-state index contributed by atoms with van der Waals surface area (Å²) in [5, 5.41) is 9.30. The number of likely N-dealkylation sites (tertiary alicyclic amines) is 1. The summed E-state index contributed by atoms with van der Waals surface area (Å²) < 4.78 is 4.97. The van der Waals surface area contributed by atoms with E-state index in [2.05, 4.69) is 13.8 Å². The van der Waals surface area contributed by atoms with E-state index in [1.54, 1.807) is 4.90 Å². The lowest BCUT2D eigenvalue weighted by molar-refractivity contribution is 0.0416. The van der Waals surface area contributed by atoms with Gasteiger partial charge in [0.25, 0.3) is 0 Å². The fraction of sp³-hybridized carbons (Fsp3) is 0.917. The van der Waals surface area contributed by atoms with Gasteiger partial charge in [0.1, 0.15) is 0 Å². The summed E-state index contributed by atoms with van der Waals surface area (Å²) in [4.78, 5) is 13.2. The Bertz CT molecular complexity index is 232. The second-order valence-corrected chi connectivity index (χ2v) is 5.11. The molecule has 0 aromatic carbocycles. The molecule has 1 rings (SSSR count). The van der Waals surface area contributed by atoms with E-state index >= 15 is 0 Å². The zero-order valence-corrected chi connectivity index (χ0v) is 10.5. The number of piperidine rings is 1. The largest absolute Gasteiger partial charge is 0.450 e. The van der Waals surface area contributed by atoms with Crippen LogP contribution in [0.3, 0.4) is 0 Å². The summed E-state index contributed by atoms with van der Waals surface area (Å²) in [6, 6.07) is 0.